The molecule has 130 valence electrons. The van der Waals surface area contributed by atoms with Gasteiger partial charge in [0.25, 0.3) is 5.91 Å². The van der Waals surface area contributed by atoms with Crippen LogP contribution in [0.4, 0.5) is 5.69 Å². The third kappa shape index (κ3) is 3.25. The first kappa shape index (κ1) is 16.1. The molecule has 4 rings (SSSR count). The van der Waals surface area contributed by atoms with E-state index in [1.807, 2.05) is 24.3 Å². The van der Waals surface area contributed by atoms with Crippen molar-refractivity contribution in [2.24, 2.45) is 0 Å². The number of carbonyl (C=O) groups excluding carboxylic acids is 1. The molecule has 1 fully saturated rings. The van der Waals surface area contributed by atoms with Gasteiger partial charge in [0, 0.05) is 11.6 Å². The van der Waals surface area contributed by atoms with Crippen molar-refractivity contribution < 1.29 is 17.9 Å². The average molecular weight is 358 g/mol. The second-order valence-electron chi connectivity index (χ2n) is 6.20. The normalized spacial score (nSPS) is 16.9. The number of para-hydroxylation sites is 2. The number of ether oxygens (including phenoxy) is 1. The molecule has 1 N–H and O–H groups in total. The number of hydrogen-bond donors (Lipinski definition) is 1. The van der Waals surface area contributed by atoms with E-state index in [2.05, 4.69) is 4.72 Å². The number of anilines is 1. The van der Waals surface area contributed by atoms with Gasteiger partial charge >= 0.3 is 0 Å². The molecular formula is C18H18N2O4S. The van der Waals surface area contributed by atoms with Crippen molar-refractivity contribution in [3.8, 4) is 5.75 Å². The van der Waals surface area contributed by atoms with Crippen LogP contribution < -0.4 is 14.4 Å². The van der Waals surface area contributed by atoms with Crippen LogP contribution >= 0.6 is 0 Å². The molecule has 1 heterocycles. The standard InChI is InChI=1S/C18H18N2O4S/c21-18(20-10-11-24-17-7-2-1-6-16(17)20)13-4-3-5-15(12-13)25(22,23)19-14-8-9-14/h1-7,12,14,19H,8-11H2. The Bertz CT molecular complexity index is 922. The van der Waals surface area contributed by atoms with Gasteiger partial charge in [-0.2, -0.15) is 0 Å². The minimum atomic E-state index is -3.59. The van der Waals surface area contributed by atoms with Crippen LogP contribution in [0.3, 0.4) is 0 Å². The van der Waals surface area contributed by atoms with E-state index in [9.17, 15) is 13.2 Å². The summed E-state index contributed by atoms with van der Waals surface area (Å²) in [7, 11) is -3.59. The quantitative estimate of drug-likeness (QED) is 0.909. The van der Waals surface area contributed by atoms with Gasteiger partial charge in [0.1, 0.15) is 12.4 Å². The number of rotatable bonds is 4. The molecule has 0 aromatic heterocycles. The summed E-state index contributed by atoms with van der Waals surface area (Å²) in [6.45, 7) is 0.830. The lowest BCUT2D eigenvalue weighted by atomic mass is 10.1. The third-order valence-corrected chi connectivity index (χ3v) is 5.78. The van der Waals surface area contributed by atoms with Crippen LogP contribution in [0, 0.1) is 0 Å². The Balaban J connectivity index is 1.64. The number of amides is 1. The molecule has 0 unspecified atom stereocenters. The molecule has 7 heteroatoms. The fourth-order valence-electron chi connectivity index (χ4n) is 2.82. The van der Waals surface area contributed by atoms with E-state index in [0.29, 0.717) is 30.2 Å². The van der Waals surface area contributed by atoms with Gasteiger partial charge in [-0.25, -0.2) is 13.1 Å². The summed E-state index contributed by atoms with van der Waals surface area (Å²) in [6.07, 6.45) is 1.73. The highest BCUT2D eigenvalue weighted by Crippen LogP contribution is 2.32. The Kier molecular flexibility index (Phi) is 3.97. The molecule has 1 aliphatic heterocycles. The number of benzene rings is 2. The minimum absolute atomic E-state index is 0.0236. The van der Waals surface area contributed by atoms with E-state index >= 15 is 0 Å². The number of hydrogen-bond acceptors (Lipinski definition) is 4. The molecule has 2 aromatic carbocycles. The molecule has 25 heavy (non-hydrogen) atoms. The first-order valence-electron chi connectivity index (χ1n) is 8.21. The zero-order valence-electron chi connectivity index (χ0n) is 13.5. The van der Waals surface area contributed by atoms with Crippen LogP contribution in [0.5, 0.6) is 5.75 Å². The van der Waals surface area contributed by atoms with Crippen molar-refractivity contribution in [3.05, 3.63) is 54.1 Å². The summed E-state index contributed by atoms with van der Waals surface area (Å²) in [5.41, 5.74) is 1.04. The summed E-state index contributed by atoms with van der Waals surface area (Å²) in [5, 5.41) is 0. The second kappa shape index (κ2) is 6.16. The van der Waals surface area contributed by atoms with Gasteiger partial charge in [-0.15, -0.1) is 0 Å². The molecule has 0 atom stereocenters. The smallest absolute Gasteiger partial charge is 0.258 e. The fourth-order valence-corrected chi connectivity index (χ4v) is 4.17. The number of nitrogens with one attached hydrogen (secondary N) is 1. The summed E-state index contributed by atoms with van der Waals surface area (Å²) in [4.78, 5) is 14.7. The molecule has 6 nitrogen and oxygen atoms in total. The molecule has 0 bridgehead atoms. The molecule has 0 spiro atoms. The van der Waals surface area contributed by atoms with Crippen molar-refractivity contribution in [2.75, 3.05) is 18.1 Å². The average Bonchev–Trinajstić information content (AvgIpc) is 3.44. The topological polar surface area (TPSA) is 75.7 Å². The van der Waals surface area contributed by atoms with Crippen molar-refractivity contribution in [2.45, 2.75) is 23.8 Å². The molecule has 1 amide bonds. The van der Waals surface area contributed by atoms with Crippen molar-refractivity contribution in [1.82, 2.24) is 4.72 Å². The number of fused-ring (bicyclic) bond motifs is 1. The van der Waals surface area contributed by atoms with Crippen LogP contribution in [0.1, 0.15) is 23.2 Å². The molecule has 0 radical (unpaired) electrons. The van der Waals surface area contributed by atoms with E-state index in [4.69, 9.17) is 4.74 Å². The first-order valence-corrected chi connectivity index (χ1v) is 9.69. The summed E-state index contributed by atoms with van der Waals surface area (Å²) >= 11 is 0. The van der Waals surface area contributed by atoms with E-state index in [0.717, 1.165) is 12.8 Å². The number of carbonyl (C=O) groups is 1. The summed E-state index contributed by atoms with van der Waals surface area (Å²) in [6, 6.07) is 13.5. The maximum atomic E-state index is 12.9. The first-order chi connectivity index (χ1) is 12.0. The Labute approximate surface area is 146 Å². The zero-order valence-corrected chi connectivity index (χ0v) is 14.3. The lowest BCUT2D eigenvalue weighted by Gasteiger charge is -2.29. The highest BCUT2D eigenvalue weighted by molar-refractivity contribution is 7.89. The van der Waals surface area contributed by atoms with E-state index in [-0.39, 0.29) is 16.8 Å². The largest absolute Gasteiger partial charge is 0.490 e. The van der Waals surface area contributed by atoms with Gasteiger partial charge < -0.3 is 9.64 Å². The van der Waals surface area contributed by atoms with Crippen molar-refractivity contribution in [3.63, 3.8) is 0 Å². The highest BCUT2D eigenvalue weighted by Gasteiger charge is 2.29. The number of sulfonamides is 1. The Hall–Kier alpha value is -2.38. The van der Waals surface area contributed by atoms with Gasteiger partial charge in [0.2, 0.25) is 10.0 Å². The predicted molar refractivity (Wildman–Crippen MR) is 93.4 cm³/mol. The van der Waals surface area contributed by atoms with E-state index < -0.39 is 10.0 Å². The third-order valence-electron chi connectivity index (χ3n) is 4.26. The summed E-state index contributed by atoms with van der Waals surface area (Å²) in [5.74, 6) is 0.417. The molecule has 1 aliphatic carbocycles. The van der Waals surface area contributed by atoms with Gasteiger partial charge in [-0.1, -0.05) is 18.2 Å². The molecular weight excluding hydrogens is 340 g/mol. The maximum absolute atomic E-state index is 12.9. The van der Waals surface area contributed by atoms with Gasteiger partial charge in [0.15, 0.2) is 0 Å². The second-order valence-corrected chi connectivity index (χ2v) is 7.91. The predicted octanol–water partition coefficient (Wildman–Crippen LogP) is 2.17. The zero-order chi connectivity index (χ0) is 17.4. The van der Waals surface area contributed by atoms with Crippen molar-refractivity contribution in [1.29, 1.82) is 0 Å². The Morgan fingerprint density at radius 3 is 2.72 bits per heavy atom. The van der Waals surface area contributed by atoms with Crippen molar-refractivity contribution >= 4 is 21.6 Å². The van der Waals surface area contributed by atoms with E-state index in [1.165, 1.54) is 12.1 Å². The maximum Gasteiger partial charge on any atom is 0.258 e. The SMILES string of the molecule is O=C(c1cccc(S(=O)(=O)NC2CC2)c1)N1CCOc2ccccc21. The van der Waals surface area contributed by atoms with Gasteiger partial charge in [-0.3, -0.25) is 4.79 Å². The monoisotopic (exact) mass is 358 g/mol. The molecule has 1 saturated carbocycles. The Morgan fingerprint density at radius 2 is 1.92 bits per heavy atom. The minimum Gasteiger partial charge on any atom is -0.490 e. The lowest BCUT2D eigenvalue weighted by molar-refractivity contribution is 0.0976. The number of nitrogens with zero attached hydrogens (tertiary/aromatic N) is 1. The fraction of sp³-hybridized carbons (Fsp3) is 0.278. The Morgan fingerprint density at radius 1 is 1.12 bits per heavy atom. The van der Waals surface area contributed by atoms with Gasteiger partial charge in [0.05, 0.1) is 17.1 Å². The molecule has 0 saturated heterocycles. The van der Waals surface area contributed by atoms with Crippen LogP contribution in [0.25, 0.3) is 0 Å². The highest BCUT2D eigenvalue weighted by atomic mass is 32.2. The molecule has 2 aliphatic rings. The van der Waals surface area contributed by atoms with Crippen LogP contribution in [-0.2, 0) is 10.0 Å². The van der Waals surface area contributed by atoms with Gasteiger partial charge in [-0.05, 0) is 43.2 Å². The lowest BCUT2D eigenvalue weighted by Crippen LogP contribution is -2.38. The summed E-state index contributed by atoms with van der Waals surface area (Å²) < 4.78 is 33.0. The van der Waals surface area contributed by atoms with E-state index in [1.54, 1.807) is 17.0 Å². The molecule has 2 aromatic rings. The van der Waals surface area contributed by atoms with Crippen LogP contribution in [0.2, 0.25) is 0 Å². The van der Waals surface area contributed by atoms with Crippen LogP contribution in [0.15, 0.2) is 53.4 Å². The van der Waals surface area contributed by atoms with Crippen LogP contribution in [-0.4, -0.2) is 33.5 Å².